The van der Waals surface area contributed by atoms with E-state index in [9.17, 15) is 24.2 Å². The first-order valence-corrected chi connectivity index (χ1v) is 5.50. The van der Waals surface area contributed by atoms with Crippen molar-refractivity contribution in [1.29, 1.82) is 0 Å². The minimum Gasteiger partial charge on any atom is -0.464 e. The fourth-order valence-corrected chi connectivity index (χ4v) is 1.53. The Kier molecular flexibility index (Phi) is 4.96. The van der Waals surface area contributed by atoms with Gasteiger partial charge in [0, 0.05) is 5.56 Å². The van der Waals surface area contributed by atoms with Crippen molar-refractivity contribution < 1.29 is 28.9 Å². The van der Waals surface area contributed by atoms with Gasteiger partial charge in [-0.3, -0.25) is 4.79 Å². The Morgan fingerprint density at radius 2 is 2.05 bits per heavy atom. The molecule has 0 aliphatic heterocycles. The molecule has 4 N–H and O–H groups in total. The first-order valence-electron chi connectivity index (χ1n) is 5.50. The minimum absolute atomic E-state index is 0.00837. The van der Waals surface area contributed by atoms with E-state index in [1.165, 1.54) is 6.92 Å². The van der Waals surface area contributed by atoms with Crippen molar-refractivity contribution in [3.05, 3.63) is 35.1 Å². The molecule has 1 aromatic rings. The lowest BCUT2D eigenvalue weighted by molar-refractivity contribution is -0.159. The Morgan fingerprint density at radius 1 is 1.42 bits per heavy atom. The zero-order valence-electron chi connectivity index (χ0n) is 10.2. The monoisotopic (exact) mass is 271 g/mol. The summed E-state index contributed by atoms with van der Waals surface area (Å²) in [7, 11) is 0. The summed E-state index contributed by atoms with van der Waals surface area (Å²) < 4.78 is 17.6. The van der Waals surface area contributed by atoms with Crippen LogP contribution >= 0.6 is 0 Å². The van der Waals surface area contributed by atoms with Gasteiger partial charge in [-0.05, 0) is 30.7 Å². The third kappa shape index (κ3) is 3.49. The number of benzene rings is 1. The average molecular weight is 271 g/mol. The van der Waals surface area contributed by atoms with Gasteiger partial charge in [0.2, 0.25) is 5.91 Å². The summed E-state index contributed by atoms with van der Waals surface area (Å²) in [5.74, 6) is -2.73. The molecule has 0 aliphatic rings. The first kappa shape index (κ1) is 15.1. The summed E-state index contributed by atoms with van der Waals surface area (Å²) >= 11 is 0. The Balaban J connectivity index is 3.10. The highest BCUT2D eigenvalue weighted by atomic mass is 19.1. The molecule has 0 saturated carbocycles. The Hall–Kier alpha value is -1.99. The molecule has 0 heterocycles. The highest BCUT2D eigenvalue weighted by molar-refractivity contribution is 5.94. The van der Waals surface area contributed by atoms with Crippen molar-refractivity contribution in [3.8, 4) is 0 Å². The fraction of sp³-hybridized carbons (Fsp3) is 0.333. The van der Waals surface area contributed by atoms with Crippen LogP contribution in [-0.2, 0) is 9.53 Å². The largest absolute Gasteiger partial charge is 0.464 e. The van der Waals surface area contributed by atoms with Crippen LogP contribution in [0, 0.1) is 5.82 Å². The molecule has 1 aromatic carbocycles. The number of esters is 1. The molecule has 0 fully saturated rings. The van der Waals surface area contributed by atoms with Crippen LogP contribution in [0.15, 0.2) is 18.2 Å². The minimum atomic E-state index is -1.93. The number of carbonyl (C=O) groups is 2. The number of aliphatic hydroxyl groups is 2. The molecule has 0 aromatic heterocycles. The van der Waals surface area contributed by atoms with E-state index in [-0.39, 0.29) is 17.7 Å². The van der Waals surface area contributed by atoms with Gasteiger partial charge in [-0.15, -0.1) is 0 Å². The number of amides is 1. The molecular weight excluding hydrogens is 257 g/mol. The molecule has 19 heavy (non-hydrogen) atoms. The van der Waals surface area contributed by atoms with E-state index in [2.05, 4.69) is 4.74 Å². The van der Waals surface area contributed by atoms with E-state index in [1.54, 1.807) is 0 Å². The second-order valence-electron chi connectivity index (χ2n) is 3.74. The predicted molar refractivity (Wildman–Crippen MR) is 62.5 cm³/mol. The molecule has 104 valence electrons. The van der Waals surface area contributed by atoms with Gasteiger partial charge in [-0.2, -0.15) is 0 Å². The molecule has 2 unspecified atom stereocenters. The third-order valence-corrected chi connectivity index (χ3v) is 2.42. The second kappa shape index (κ2) is 6.26. The molecule has 0 radical (unpaired) electrons. The SMILES string of the molecule is CCOC(=O)C(O)C(O)c1cc(F)ccc1C(N)=O. The lowest BCUT2D eigenvalue weighted by Gasteiger charge is -2.18. The number of carbonyl (C=O) groups excluding carboxylic acids is 2. The third-order valence-electron chi connectivity index (χ3n) is 2.42. The summed E-state index contributed by atoms with van der Waals surface area (Å²) in [5.41, 5.74) is 4.61. The number of primary amides is 1. The van der Waals surface area contributed by atoms with Gasteiger partial charge in [0.05, 0.1) is 6.61 Å². The van der Waals surface area contributed by atoms with E-state index in [4.69, 9.17) is 5.73 Å². The summed E-state index contributed by atoms with van der Waals surface area (Å²) in [4.78, 5) is 22.4. The molecule has 1 rings (SSSR count). The van der Waals surface area contributed by atoms with E-state index >= 15 is 0 Å². The number of halogens is 1. The van der Waals surface area contributed by atoms with Gasteiger partial charge < -0.3 is 20.7 Å². The van der Waals surface area contributed by atoms with Crippen LogP contribution in [0.1, 0.15) is 28.9 Å². The van der Waals surface area contributed by atoms with Gasteiger partial charge in [-0.25, -0.2) is 9.18 Å². The lowest BCUT2D eigenvalue weighted by Crippen LogP contribution is -2.31. The van der Waals surface area contributed by atoms with Crippen LogP contribution in [0.4, 0.5) is 4.39 Å². The van der Waals surface area contributed by atoms with Crippen molar-refractivity contribution in [2.45, 2.75) is 19.1 Å². The number of nitrogens with two attached hydrogens (primary N) is 1. The molecular formula is C12H14FNO5. The molecule has 7 heteroatoms. The normalized spacial score (nSPS) is 13.7. The number of rotatable bonds is 5. The number of hydrogen-bond acceptors (Lipinski definition) is 5. The standard InChI is InChI=1S/C12H14FNO5/c1-2-19-12(18)10(16)9(15)8-5-6(13)3-4-7(8)11(14)17/h3-5,9-10,15-16H,2H2,1H3,(H2,14,17). The Labute approximate surface area is 108 Å². The second-order valence-corrected chi connectivity index (χ2v) is 3.74. The van der Waals surface area contributed by atoms with Crippen LogP contribution < -0.4 is 5.73 Å². The highest BCUT2D eigenvalue weighted by Crippen LogP contribution is 2.23. The van der Waals surface area contributed by atoms with Crippen molar-refractivity contribution in [2.75, 3.05) is 6.61 Å². The van der Waals surface area contributed by atoms with Crippen LogP contribution in [0.5, 0.6) is 0 Å². The van der Waals surface area contributed by atoms with Crippen molar-refractivity contribution in [3.63, 3.8) is 0 Å². The van der Waals surface area contributed by atoms with Crippen LogP contribution in [0.2, 0.25) is 0 Å². The lowest BCUT2D eigenvalue weighted by atomic mass is 9.98. The van der Waals surface area contributed by atoms with Crippen molar-refractivity contribution in [1.82, 2.24) is 0 Å². The quantitative estimate of drug-likeness (QED) is 0.647. The predicted octanol–water partition coefficient (Wildman–Crippen LogP) is -0.118. The summed E-state index contributed by atoms with van der Waals surface area (Å²) in [5, 5.41) is 19.4. The fourth-order valence-electron chi connectivity index (χ4n) is 1.53. The van der Waals surface area contributed by atoms with Crippen molar-refractivity contribution >= 4 is 11.9 Å². The smallest absolute Gasteiger partial charge is 0.338 e. The number of hydrogen-bond donors (Lipinski definition) is 3. The Bertz CT molecular complexity index is 491. The Morgan fingerprint density at radius 3 is 2.58 bits per heavy atom. The van der Waals surface area contributed by atoms with Gasteiger partial charge in [0.25, 0.3) is 0 Å². The summed E-state index contributed by atoms with van der Waals surface area (Å²) in [6.45, 7) is 1.53. The highest BCUT2D eigenvalue weighted by Gasteiger charge is 2.29. The van der Waals surface area contributed by atoms with E-state index < -0.39 is 29.9 Å². The molecule has 1 amide bonds. The van der Waals surface area contributed by atoms with E-state index in [0.717, 1.165) is 18.2 Å². The topological polar surface area (TPSA) is 110 Å². The van der Waals surface area contributed by atoms with Gasteiger partial charge in [-0.1, -0.05) is 0 Å². The maximum atomic E-state index is 13.1. The molecule has 0 saturated heterocycles. The van der Waals surface area contributed by atoms with E-state index in [0.29, 0.717) is 0 Å². The summed E-state index contributed by atoms with van der Waals surface area (Å²) in [6.07, 6.45) is -3.74. The maximum Gasteiger partial charge on any atom is 0.338 e. The zero-order chi connectivity index (χ0) is 14.6. The van der Waals surface area contributed by atoms with Gasteiger partial charge >= 0.3 is 5.97 Å². The van der Waals surface area contributed by atoms with Crippen LogP contribution in [0.25, 0.3) is 0 Å². The van der Waals surface area contributed by atoms with Crippen LogP contribution in [0.3, 0.4) is 0 Å². The van der Waals surface area contributed by atoms with E-state index in [1.807, 2.05) is 0 Å². The van der Waals surface area contributed by atoms with Gasteiger partial charge in [0.1, 0.15) is 11.9 Å². The average Bonchev–Trinajstić information content (AvgIpc) is 2.36. The summed E-state index contributed by atoms with van der Waals surface area (Å²) in [6, 6.07) is 2.87. The maximum absolute atomic E-state index is 13.1. The number of ether oxygens (including phenoxy) is 1. The molecule has 0 aliphatic carbocycles. The molecule has 6 nitrogen and oxygen atoms in total. The molecule has 0 bridgehead atoms. The zero-order valence-corrected chi connectivity index (χ0v) is 10.2. The van der Waals surface area contributed by atoms with Crippen molar-refractivity contribution in [2.24, 2.45) is 5.73 Å². The first-order chi connectivity index (χ1) is 8.88. The molecule has 2 atom stereocenters. The van der Waals surface area contributed by atoms with Gasteiger partial charge in [0.15, 0.2) is 6.10 Å². The van der Waals surface area contributed by atoms with Crippen LogP contribution in [-0.4, -0.2) is 34.8 Å². The number of aliphatic hydroxyl groups excluding tert-OH is 2. The molecule has 0 spiro atoms.